The lowest BCUT2D eigenvalue weighted by Gasteiger charge is -2.13. The molecule has 0 bridgehead atoms. The summed E-state index contributed by atoms with van der Waals surface area (Å²) in [6.45, 7) is 8.58. The second-order valence-corrected chi connectivity index (χ2v) is 5.86. The van der Waals surface area contributed by atoms with Crippen molar-refractivity contribution in [1.82, 2.24) is 0 Å². The van der Waals surface area contributed by atoms with Crippen molar-refractivity contribution in [3.8, 4) is 0 Å². The predicted octanol–water partition coefficient (Wildman–Crippen LogP) is 4.94. The molecule has 0 heterocycles. The van der Waals surface area contributed by atoms with Gasteiger partial charge in [0.05, 0.1) is 0 Å². The molecule has 0 atom stereocenters. The average Bonchev–Trinajstić information content (AvgIpc) is 3.11. The monoisotopic (exact) mass is 238 g/mol. The smallest absolute Gasteiger partial charge is 0.0152 e. The first-order valence-electron chi connectivity index (χ1n) is 7.16. The first-order valence-corrected chi connectivity index (χ1v) is 7.16. The highest BCUT2D eigenvalue weighted by molar-refractivity contribution is 5.71. The van der Waals surface area contributed by atoms with Gasteiger partial charge in [-0.1, -0.05) is 30.4 Å². The molecule has 0 radical (unpaired) electrons. The highest BCUT2D eigenvalue weighted by atomic mass is 14.3. The zero-order chi connectivity index (χ0) is 12.7. The standard InChI is InChI=1S/C18H22/c1-4-14-11-16-6-5-7-17(16)13(3)18(14)10-12(2)15-8-9-15/h4,10-11,15H,1,5-9H2,2-3H3/b12-10+. The Balaban J connectivity index is 2.12. The molecule has 2 aliphatic carbocycles. The second-order valence-electron chi connectivity index (χ2n) is 5.86. The summed E-state index contributed by atoms with van der Waals surface area (Å²) in [6.07, 6.45) is 11.1. The van der Waals surface area contributed by atoms with Gasteiger partial charge in [-0.15, -0.1) is 0 Å². The molecule has 1 aromatic rings. The lowest BCUT2D eigenvalue weighted by atomic mass is 9.92. The van der Waals surface area contributed by atoms with E-state index in [1.807, 2.05) is 6.08 Å². The van der Waals surface area contributed by atoms with Crippen LogP contribution in [0, 0.1) is 12.8 Å². The Morgan fingerprint density at radius 2 is 2.11 bits per heavy atom. The Bertz CT molecular complexity index is 527. The molecule has 3 rings (SSSR count). The van der Waals surface area contributed by atoms with Crippen LogP contribution in [0.25, 0.3) is 12.2 Å². The molecular formula is C18H22. The molecule has 0 heteroatoms. The summed E-state index contributed by atoms with van der Waals surface area (Å²) in [5.41, 5.74) is 8.97. The van der Waals surface area contributed by atoms with Crippen molar-refractivity contribution in [2.24, 2.45) is 5.92 Å². The van der Waals surface area contributed by atoms with Crippen LogP contribution in [-0.2, 0) is 12.8 Å². The van der Waals surface area contributed by atoms with E-state index < -0.39 is 0 Å². The first kappa shape index (κ1) is 11.8. The fourth-order valence-corrected chi connectivity index (χ4v) is 3.24. The predicted molar refractivity (Wildman–Crippen MR) is 79.7 cm³/mol. The molecule has 94 valence electrons. The maximum Gasteiger partial charge on any atom is -0.0152 e. The number of fused-ring (bicyclic) bond motifs is 1. The van der Waals surface area contributed by atoms with Crippen molar-refractivity contribution in [2.75, 3.05) is 0 Å². The molecule has 0 amide bonds. The molecule has 0 spiro atoms. The molecular weight excluding hydrogens is 216 g/mol. The molecule has 1 saturated carbocycles. The second kappa shape index (κ2) is 4.42. The normalized spacial score (nSPS) is 18.9. The first-order chi connectivity index (χ1) is 8.70. The molecule has 1 fully saturated rings. The highest BCUT2D eigenvalue weighted by Gasteiger charge is 2.24. The largest absolute Gasteiger partial charge is 0.0984 e. The minimum atomic E-state index is 0.857. The van der Waals surface area contributed by atoms with Gasteiger partial charge < -0.3 is 0 Å². The van der Waals surface area contributed by atoms with E-state index in [9.17, 15) is 0 Å². The van der Waals surface area contributed by atoms with Gasteiger partial charge in [-0.3, -0.25) is 0 Å². The molecule has 1 aromatic carbocycles. The zero-order valence-corrected chi connectivity index (χ0v) is 11.6. The molecule has 2 aliphatic rings. The molecule has 0 aromatic heterocycles. The fourth-order valence-electron chi connectivity index (χ4n) is 3.24. The van der Waals surface area contributed by atoms with Gasteiger partial charge in [-0.25, -0.2) is 0 Å². The van der Waals surface area contributed by atoms with Gasteiger partial charge in [-0.05, 0) is 79.7 Å². The summed E-state index contributed by atoms with van der Waals surface area (Å²) < 4.78 is 0. The van der Waals surface area contributed by atoms with Crippen LogP contribution in [0.2, 0.25) is 0 Å². The van der Waals surface area contributed by atoms with E-state index in [-0.39, 0.29) is 0 Å². The third-order valence-electron chi connectivity index (χ3n) is 4.57. The maximum absolute atomic E-state index is 4.00. The van der Waals surface area contributed by atoms with Crippen molar-refractivity contribution >= 4 is 12.2 Å². The summed E-state index contributed by atoms with van der Waals surface area (Å²) in [7, 11) is 0. The van der Waals surface area contributed by atoms with Gasteiger partial charge in [0, 0.05) is 0 Å². The van der Waals surface area contributed by atoms with Crippen molar-refractivity contribution in [1.29, 1.82) is 0 Å². The number of hydrogen-bond acceptors (Lipinski definition) is 0. The van der Waals surface area contributed by atoms with E-state index in [2.05, 4.69) is 32.6 Å². The Hall–Kier alpha value is -1.30. The van der Waals surface area contributed by atoms with Crippen LogP contribution in [0.15, 0.2) is 18.2 Å². The minimum absolute atomic E-state index is 0.857. The average molecular weight is 238 g/mol. The van der Waals surface area contributed by atoms with Gasteiger partial charge in [0.15, 0.2) is 0 Å². The van der Waals surface area contributed by atoms with Crippen molar-refractivity contribution in [3.63, 3.8) is 0 Å². The van der Waals surface area contributed by atoms with E-state index in [1.54, 1.807) is 16.7 Å². The molecule has 0 unspecified atom stereocenters. The van der Waals surface area contributed by atoms with Crippen LogP contribution in [0.4, 0.5) is 0 Å². The third kappa shape index (κ3) is 1.94. The summed E-state index contributed by atoms with van der Waals surface area (Å²) in [5.74, 6) is 0.857. The third-order valence-corrected chi connectivity index (χ3v) is 4.57. The lowest BCUT2D eigenvalue weighted by Crippen LogP contribution is -1.96. The topological polar surface area (TPSA) is 0 Å². The Kier molecular flexibility index (Phi) is 2.89. The summed E-state index contributed by atoms with van der Waals surface area (Å²) in [5, 5.41) is 0. The zero-order valence-electron chi connectivity index (χ0n) is 11.6. The summed E-state index contributed by atoms with van der Waals surface area (Å²) in [4.78, 5) is 0. The van der Waals surface area contributed by atoms with Gasteiger partial charge in [-0.2, -0.15) is 0 Å². The number of allylic oxidation sites excluding steroid dienone is 1. The van der Waals surface area contributed by atoms with E-state index in [4.69, 9.17) is 0 Å². The van der Waals surface area contributed by atoms with E-state index in [1.165, 1.54) is 48.8 Å². The molecule has 0 saturated heterocycles. The fraction of sp³-hybridized carbons (Fsp3) is 0.444. The van der Waals surface area contributed by atoms with Crippen LogP contribution < -0.4 is 0 Å². The maximum atomic E-state index is 4.00. The van der Waals surface area contributed by atoms with Gasteiger partial charge in [0.1, 0.15) is 0 Å². The summed E-state index contributed by atoms with van der Waals surface area (Å²) >= 11 is 0. The molecule has 0 aliphatic heterocycles. The van der Waals surface area contributed by atoms with E-state index in [0.29, 0.717) is 0 Å². The van der Waals surface area contributed by atoms with Gasteiger partial charge >= 0.3 is 0 Å². The Morgan fingerprint density at radius 3 is 2.78 bits per heavy atom. The Morgan fingerprint density at radius 1 is 1.33 bits per heavy atom. The quantitative estimate of drug-likeness (QED) is 0.699. The van der Waals surface area contributed by atoms with Crippen LogP contribution in [-0.4, -0.2) is 0 Å². The van der Waals surface area contributed by atoms with E-state index in [0.717, 1.165) is 5.92 Å². The summed E-state index contributed by atoms with van der Waals surface area (Å²) in [6, 6.07) is 2.37. The number of hydrogen-bond donors (Lipinski definition) is 0. The SMILES string of the molecule is C=Cc1cc2c(c(C)c1/C=C(\C)C1CC1)CCC2. The van der Waals surface area contributed by atoms with Gasteiger partial charge in [0.25, 0.3) is 0 Å². The number of rotatable bonds is 3. The Labute approximate surface area is 110 Å². The number of aryl methyl sites for hydroxylation is 1. The minimum Gasteiger partial charge on any atom is -0.0984 e. The van der Waals surface area contributed by atoms with Crippen LogP contribution >= 0.6 is 0 Å². The van der Waals surface area contributed by atoms with Crippen LogP contribution in [0.5, 0.6) is 0 Å². The highest BCUT2D eigenvalue weighted by Crippen LogP contribution is 2.39. The van der Waals surface area contributed by atoms with Crippen LogP contribution in [0.3, 0.4) is 0 Å². The van der Waals surface area contributed by atoms with Crippen molar-refractivity contribution < 1.29 is 0 Å². The van der Waals surface area contributed by atoms with E-state index >= 15 is 0 Å². The lowest BCUT2D eigenvalue weighted by molar-refractivity contribution is 0.909. The molecule has 18 heavy (non-hydrogen) atoms. The molecule has 0 nitrogen and oxygen atoms in total. The molecule has 0 N–H and O–H groups in total. The van der Waals surface area contributed by atoms with Crippen LogP contribution in [0.1, 0.15) is 54.0 Å². The van der Waals surface area contributed by atoms with Crippen molar-refractivity contribution in [2.45, 2.75) is 46.0 Å². The number of benzene rings is 1. The van der Waals surface area contributed by atoms with Gasteiger partial charge in [0.2, 0.25) is 0 Å². The van der Waals surface area contributed by atoms with Crippen molar-refractivity contribution in [3.05, 3.63) is 46.0 Å².